The highest BCUT2D eigenvalue weighted by Gasteiger charge is 2.19. The van der Waals surface area contributed by atoms with Gasteiger partial charge in [-0.2, -0.15) is 0 Å². The fraction of sp³-hybridized carbons (Fsp3) is 0.545. The molecule has 1 aromatic heterocycles. The first kappa shape index (κ1) is 25.3. The van der Waals surface area contributed by atoms with E-state index >= 15 is 0 Å². The van der Waals surface area contributed by atoms with Crippen molar-refractivity contribution in [3.63, 3.8) is 0 Å². The van der Waals surface area contributed by atoms with Gasteiger partial charge in [-0.1, -0.05) is 52.8 Å². The number of hydrogen-bond donors (Lipinski definition) is 2. The Bertz CT molecular complexity index is 766. The zero-order chi connectivity index (χ0) is 20.6. The van der Waals surface area contributed by atoms with E-state index in [4.69, 9.17) is 9.15 Å². The predicted molar refractivity (Wildman–Crippen MR) is 129 cm³/mol. The Morgan fingerprint density at radius 2 is 1.86 bits per heavy atom. The van der Waals surface area contributed by atoms with E-state index in [1.807, 2.05) is 18.2 Å². The van der Waals surface area contributed by atoms with Crippen LogP contribution < -0.4 is 15.4 Å². The fourth-order valence-corrected chi connectivity index (χ4v) is 2.49. The van der Waals surface area contributed by atoms with Crippen LogP contribution in [0.2, 0.25) is 0 Å². The summed E-state index contributed by atoms with van der Waals surface area (Å²) in [5, 5.41) is 6.56. The van der Waals surface area contributed by atoms with E-state index in [-0.39, 0.29) is 29.4 Å². The first-order chi connectivity index (χ1) is 13.3. The van der Waals surface area contributed by atoms with Gasteiger partial charge in [0, 0.05) is 24.6 Å². The van der Waals surface area contributed by atoms with Crippen molar-refractivity contribution >= 4 is 29.9 Å². The smallest absolute Gasteiger partial charge is 0.213 e. The van der Waals surface area contributed by atoms with Crippen LogP contribution in [0.25, 0.3) is 0 Å². The minimum Gasteiger partial charge on any atom is -0.493 e. The second kappa shape index (κ2) is 12.0. The van der Waals surface area contributed by atoms with Gasteiger partial charge in [0.2, 0.25) is 5.89 Å². The molecule has 0 radical (unpaired) electrons. The maximum absolute atomic E-state index is 5.95. The summed E-state index contributed by atoms with van der Waals surface area (Å²) in [6, 6.07) is 8.09. The first-order valence-corrected chi connectivity index (χ1v) is 9.90. The summed E-state index contributed by atoms with van der Waals surface area (Å²) in [5.74, 6) is 3.74. The van der Waals surface area contributed by atoms with Gasteiger partial charge >= 0.3 is 0 Å². The normalized spacial score (nSPS) is 11.9. The van der Waals surface area contributed by atoms with E-state index in [1.54, 1.807) is 13.2 Å². The molecule has 0 aliphatic rings. The number of hydrogen-bond acceptors (Lipinski definition) is 4. The number of nitrogens with zero attached hydrogens (tertiary/aromatic N) is 2. The lowest BCUT2D eigenvalue weighted by Crippen LogP contribution is -2.36. The Kier molecular flexibility index (Phi) is 10.5. The third-order valence-corrected chi connectivity index (χ3v) is 4.30. The summed E-state index contributed by atoms with van der Waals surface area (Å²) in [4.78, 5) is 8.61. The highest BCUT2D eigenvalue weighted by Crippen LogP contribution is 2.22. The molecule has 1 aromatic carbocycles. The molecule has 0 unspecified atom stereocenters. The number of para-hydroxylation sites is 1. The van der Waals surface area contributed by atoms with Gasteiger partial charge in [-0.15, -0.1) is 24.0 Å². The number of rotatable bonds is 8. The Morgan fingerprint density at radius 1 is 1.17 bits per heavy atom. The third kappa shape index (κ3) is 8.64. The van der Waals surface area contributed by atoms with Gasteiger partial charge < -0.3 is 19.8 Å². The molecule has 1 heterocycles. The van der Waals surface area contributed by atoms with Crippen LogP contribution in [-0.2, 0) is 18.5 Å². The van der Waals surface area contributed by atoms with Crippen molar-refractivity contribution in [2.24, 2.45) is 10.9 Å². The van der Waals surface area contributed by atoms with Crippen molar-refractivity contribution in [2.75, 3.05) is 13.7 Å². The highest BCUT2D eigenvalue weighted by molar-refractivity contribution is 14.0. The molecule has 0 bridgehead atoms. The van der Waals surface area contributed by atoms with Gasteiger partial charge in [-0.3, -0.25) is 4.99 Å². The molecule has 0 aliphatic heterocycles. The van der Waals surface area contributed by atoms with Crippen molar-refractivity contribution in [1.29, 1.82) is 0 Å². The van der Waals surface area contributed by atoms with Crippen molar-refractivity contribution in [1.82, 2.24) is 15.6 Å². The molecule has 0 aliphatic carbocycles. The maximum atomic E-state index is 5.95. The summed E-state index contributed by atoms with van der Waals surface area (Å²) in [6.45, 7) is 12.5. The predicted octanol–water partition coefficient (Wildman–Crippen LogP) is 4.88. The Morgan fingerprint density at radius 3 is 2.48 bits per heavy atom. The van der Waals surface area contributed by atoms with Crippen LogP contribution in [0.15, 0.2) is 39.9 Å². The van der Waals surface area contributed by atoms with Gasteiger partial charge in [-0.25, -0.2) is 4.98 Å². The van der Waals surface area contributed by atoms with Gasteiger partial charge in [0.1, 0.15) is 11.5 Å². The average Bonchev–Trinajstić information content (AvgIpc) is 3.12. The number of ether oxygens (including phenoxy) is 1. The lowest BCUT2D eigenvalue weighted by molar-refractivity contribution is 0.286. The molecule has 0 spiro atoms. The van der Waals surface area contributed by atoms with E-state index in [2.05, 4.69) is 61.3 Å². The summed E-state index contributed by atoms with van der Waals surface area (Å²) >= 11 is 0. The zero-order valence-electron chi connectivity index (χ0n) is 18.4. The highest BCUT2D eigenvalue weighted by atomic mass is 127. The molecule has 2 aromatic rings. The van der Waals surface area contributed by atoms with Crippen molar-refractivity contribution in [3.8, 4) is 5.75 Å². The quantitative estimate of drug-likeness (QED) is 0.299. The molecule has 0 atom stereocenters. The second-order valence-electron chi connectivity index (χ2n) is 8.29. The van der Waals surface area contributed by atoms with E-state index in [1.165, 1.54) is 0 Å². The lowest BCUT2D eigenvalue weighted by Gasteiger charge is -2.15. The van der Waals surface area contributed by atoms with E-state index in [0.717, 1.165) is 30.1 Å². The topological polar surface area (TPSA) is 71.7 Å². The Labute approximate surface area is 191 Å². The SMILES string of the molecule is CN=C(NCc1ncc(C(C)(C)C)o1)NCc1ccccc1OCCC(C)C.I. The number of aliphatic imine (C=N–C) groups is 1. The molecule has 29 heavy (non-hydrogen) atoms. The molecule has 0 amide bonds. The number of guanidine groups is 1. The van der Waals surface area contributed by atoms with Gasteiger partial charge in [-0.05, 0) is 18.4 Å². The lowest BCUT2D eigenvalue weighted by atomic mass is 9.94. The monoisotopic (exact) mass is 514 g/mol. The molecule has 0 saturated heterocycles. The molecular formula is C22H35IN4O2. The summed E-state index contributed by atoms with van der Waals surface area (Å²) < 4.78 is 11.8. The van der Waals surface area contributed by atoms with Crippen LogP contribution in [0.3, 0.4) is 0 Å². The standard InChI is InChI=1S/C22H34N4O2.HI/c1-16(2)11-12-27-18-10-8-7-9-17(18)13-25-21(23-6)26-15-20-24-14-19(28-20)22(3,4)5;/h7-10,14,16H,11-13,15H2,1-6H3,(H2,23,25,26);1H. The van der Waals surface area contributed by atoms with Crippen molar-refractivity contribution in [3.05, 3.63) is 47.7 Å². The molecule has 0 saturated carbocycles. The molecule has 6 nitrogen and oxygen atoms in total. The second-order valence-corrected chi connectivity index (χ2v) is 8.29. The van der Waals surface area contributed by atoms with E-state index < -0.39 is 0 Å². The fourth-order valence-electron chi connectivity index (χ4n) is 2.49. The number of oxazole rings is 1. The third-order valence-electron chi connectivity index (χ3n) is 4.30. The molecule has 0 fully saturated rings. The maximum Gasteiger partial charge on any atom is 0.213 e. The van der Waals surface area contributed by atoms with Crippen LogP contribution in [0.5, 0.6) is 5.75 Å². The number of nitrogens with one attached hydrogen (secondary N) is 2. The Balaban J connectivity index is 0.00000420. The van der Waals surface area contributed by atoms with Crippen molar-refractivity contribution in [2.45, 2.75) is 59.5 Å². The summed E-state index contributed by atoms with van der Waals surface area (Å²) in [6.07, 6.45) is 2.83. The zero-order valence-corrected chi connectivity index (χ0v) is 20.7. The van der Waals surface area contributed by atoms with E-state index in [9.17, 15) is 0 Å². The summed E-state index contributed by atoms with van der Waals surface area (Å²) in [7, 11) is 1.75. The largest absolute Gasteiger partial charge is 0.493 e. The van der Waals surface area contributed by atoms with Crippen LogP contribution in [0.4, 0.5) is 0 Å². The van der Waals surface area contributed by atoms with Crippen LogP contribution >= 0.6 is 24.0 Å². The number of benzene rings is 1. The molecule has 2 rings (SSSR count). The number of halogens is 1. The van der Waals surface area contributed by atoms with Gasteiger partial charge in [0.15, 0.2) is 5.96 Å². The Hall–Kier alpha value is -1.77. The minimum absolute atomic E-state index is 0. The first-order valence-electron chi connectivity index (χ1n) is 9.90. The molecule has 162 valence electrons. The summed E-state index contributed by atoms with van der Waals surface area (Å²) in [5.41, 5.74) is 1.05. The van der Waals surface area contributed by atoms with Crippen molar-refractivity contribution < 1.29 is 9.15 Å². The minimum atomic E-state index is -0.0511. The molecule has 7 heteroatoms. The van der Waals surface area contributed by atoms with Crippen LogP contribution in [0, 0.1) is 5.92 Å². The van der Waals surface area contributed by atoms with E-state index in [0.29, 0.717) is 30.9 Å². The van der Waals surface area contributed by atoms with Gasteiger partial charge in [0.25, 0.3) is 0 Å². The van der Waals surface area contributed by atoms with Crippen LogP contribution in [-0.4, -0.2) is 24.6 Å². The number of aromatic nitrogens is 1. The van der Waals surface area contributed by atoms with Gasteiger partial charge in [0.05, 0.1) is 19.3 Å². The van der Waals surface area contributed by atoms with Crippen LogP contribution in [0.1, 0.15) is 58.3 Å². The average molecular weight is 514 g/mol. The molecule has 2 N–H and O–H groups in total. The molecular weight excluding hydrogens is 479 g/mol.